The van der Waals surface area contributed by atoms with Crippen molar-refractivity contribution in [3.63, 3.8) is 0 Å². The summed E-state index contributed by atoms with van der Waals surface area (Å²) in [5, 5.41) is 3.48. The van der Waals surface area contributed by atoms with Gasteiger partial charge >= 0.3 is 0 Å². The molecule has 0 bridgehead atoms. The van der Waals surface area contributed by atoms with Gasteiger partial charge in [-0.3, -0.25) is 0 Å². The molecule has 3 rings (SSSR count). The van der Waals surface area contributed by atoms with Gasteiger partial charge in [-0.05, 0) is 60.6 Å². The third-order valence-electron chi connectivity index (χ3n) is 4.37. The lowest BCUT2D eigenvalue weighted by Crippen LogP contribution is -2.07. The number of nitrogens with one attached hydrogen (secondary N) is 1. The summed E-state index contributed by atoms with van der Waals surface area (Å²) < 4.78 is 20.4. The third kappa shape index (κ3) is 3.39. The van der Waals surface area contributed by atoms with Gasteiger partial charge in [0.1, 0.15) is 0 Å². The van der Waals surface area contributed by atoms with Crippen LogP contribution >= 0.6 is 0 Å². The van der Waals surface area contributed by atoms with Crippen LogP contribution in [0.3, 0.4) is 0 Å². The molecule has 0 radical (unpaired) electrons. The summed E-state index contributed by atoms with van der Waals surface area (Å²) in [6, 6.07) is 15.9. The molecule has 0 spiro atoms. The van der Waals surface area contributed by atoms with E-state index in [0.717, 1.165) is 17.2 Å². The van der Waals surface area contributed by atoms with Crippen molar-refractivity contribution in [1.29, 1.82) is 0 Å². The third-order valence-corrected chi connectivity index (χ3v) is 5.02. The number of rotatable bonds is 5. The summed E-state index contributed by atoms with van der Waals surface area (Å²) in [5.41, 5.74) is 3.50. The maximum atomic E-state index is 11.2. The Morgan fingerprint density at radius 1 is 1.23 bits per heavy atom. The monoisotopic (exact) mass is 315 g/mol. The van der Waals surface area contributed by atoms with Gasteiger partial charge in [-0.25, -0.2) is 4.21 Å². The first-order valence-corrected chi connectivity index (χ1v) is 8.72. The van der Waals surface area contributed by atoms with Crippen LogP contribution in [0.25, 0.3) is 0 Å². The van der Waals surface area contributed by atoms with E-state index in [9.17, 15) is 8.76 Å². The van der Waals surface area contributed by atoms with Crippen LogP contribution in [0.1, 0.15) is 43.4 Å². The first-order valence-electron chi connectivity index (χ1n) is 7.62. The minimum Gasteiger partial charge on any atom is -0.379 e. The summed E-state index contributed by atoms with van der Waals surface area (Å²) in [6.45, 7) is 4.35. The standard InChI is InChI=1S/C18H21NO2S/c1-12-9-18(12)15-6-3-7-16(10-15)19-13(2)14-5-4-8-17(11-14)22(20)21/h3-8,10-13,18-19H,9H2,1-2H3,(H,20,21). The van der Waals surface area contributed by atoms with E-state index in [1.165, 1.54) is 12.0 Å². The Morgan fingerprint density at radius 3 is 2.64 bits per heavy atom. The van der Waals surface area contributed by atoms with E-state index in [2.05, 4.69) is 43.4 Å². The van der Waals surface area contributed by atoms with Crippen LogP contribution < -0.4 is 5.32 Å². The Hall–Kier alpha value is -1.65. The molecule has 1 aliphatic rings. The highest BCUT2D eigenvalue weighted by Gasteiger charge is 2.33. The first kappa shape index (κ1) is 15.3. The summed E-state index contributed by atoms with van der Waals surface area (Å²) in [7, 11) is 0. The Kier molecular flexibility index (Phi) is 4.32. The van der Waals surface area contributed by atoms with E-state index in [4.69, 9.17) is 0 Å². The molecule has 2 aromatic rings. The van der Waals surface area contributed by atoms with Crippen molar-refractivity contribution in [2.45, 2.75) is 37.1 Å². The second kappa shape index (κ2) is 6.23. The van der Waals surface area contributed by atoms with Crippen molar-refractivity contribution in [1.82, 2.24) is 0 Å². The van der Waals surface area contributed by atoms with Crippen molar-refractivity contribution >= 4 is 16.8 Å². The largest absolute Gasteiger partial charge is 0.379 e. The first-order chi connectivity index (χ1) is 10.5. The van der Waals surface area contributed by atoms with Gasteiger partial charge in [0.2, 0.25) is 0 Å². The van der Waals surface area contributed by atoms with Crippen molar-refractivity contribution in [2.75, 3.05) is 5.32 Å². The van der Waals surface area contributed by atoms with Crippen LogP contribution in [0.15, 0.2) is 53.4 Å². The van der Waals surface area contributed by atoms with E-state index in [1.54, 1.807) is 12.1 Å². The van der Waals surface area contributed by atoms with E-state index in [0.29, 0.717) is 10.8 Å². The zero-order chi connectivity index (χ0) is 15.7. The second-order valence-electron chi connectivity index (χ2n) is 6.13. The van der Waals surface area contributed by atoms with Gasteiger partial charge in [-0.15, -0.1) is 0 Å². The molecule has 0 amide bonds. The Balaban J connectivity index is 1.75. The Morgan fingerprint density at radius 2 is 1.95 bits per heavy atom. The summed E-state index contributed by atoms with van der Waals surface area (Å²) >= 11 is -1.94. The highest BCUT2D eigenvalue weighted by atomic mass is 32.2. The molecular weight excluding hydrogens is 294 g/mol. The minimum absolute atomic E-state index is 0.0791. The van der Waals surface area contributed by atoms with Crippen LogP contribution in [0.5, 0.6) is 0 Å². The lowest BCUT2D eigenvalue weighted by Gasteiger charge is -2.17. The zero-order valence-electron chi connectivity index (χ0n) is 12.8. The molecule has 4 heteroatoms. The molecule has 116 valence electrons. The molecule has 0 heterocycles. The smallest absolute Gasteiger partial charge is 0.186 e. The van der Waals surface area contributed by atoms with Crippen LogP contribution in [0.4, 0.5) is 5.69 Å². The summed E-state index contributed by atoms with van der Waals surface area (Å²) in [6.07, 6.45) is 1.28. The maximum Gasteiger partial charge on any atom is 0.186 e. The molecule has 2 N–H and O–H groups in total. The average molecular weight is 315 g/mol. The van der Waals surface area contributed by atoms with Gasteiger partial charge < -0.3 is 9.87 Å². The van der Waals surface area contributed by atoms with Gasteiger partial charge in [0, 0.05) is 11.7 Å². The van der Waals surface area contributed by atoms with E-state index < -0.39 is 11.1 Å². The predicted octanol–water partition coefficient (Wildman–Crippen LogP) is 4.56. The molecule has 0 aliphatic heterocycles. The second-order valence-corrected chi connectivity index (χ2v) is 7.10. The molecule has 0 saturated heterocycles. The van der Waals surface area contributed by atoms with E-state index >= 15 is 0 Å². The van der Waals surface area contributed by atoms with Crippen LogP contribution in [-0.2, 0) is 11.1 Å². The van der Waals surface area contributed by atoms with Crippen molar-refractivity contribution < 1.29 is 8.76 Å². The topological polar surface area (TPSA) is 49.3 Å². The van der Waals surface area contributed by atoms with Crippen LogP contribution in [0.2, 0.25) is 0 Å². The molecule has 4 unspecified atom stereocenters. The highest BCUT2D eigenvalue weighted by Crippen LogP contribution is 2.47. The number of hydrogen-bond acceptors (Lipinski definition) is 2. The Labute approximate surface area is 134 Å². The predicted molar refractivity (Wildman–Crippen MR) is 90.5 cm³/mol. The summed E-state index contributed by atoms with van der Waals surface area (Å²) in [5.74, 6) is 1.50. The average Bonchev–Trinajstić information content (AvgIpc) is 3.24. The number of anilines is 1. The molecule has 1 fully saturated rings. The molecule has 22 heavy (non-hydrogen) atoms. The maximum absolute atomic E-state index is 11.2. The lowest BCUT2D eigenvalue weighted by molar-refractivity contribution is 0.564. The highest BCUT2D eigenvalue weighted by molar-refractivity contribution is 7.79. The quantitative estimate of drug-likeness (QED) is 0.795. The lowest BCUT2D eigenvalue weighted by atomic mass is 10.1. The fourth-order valence-corrected chi connectivity index (χ4v) is 3.30. The number of hydrogen-bond donors (Lipinski definition) is 2. The normalized spacial score (nSPS) is 22.9. The fraction of sp³-hybridized carbons (Fsp3) is 0.333. The summed E-state index contributed by atoms with van der Waals surface area (Å²) in [4.78, 5) is 0.437. The van der Waals surface area contributed by atoms with Crippen LogP contribution in [0, 0.1) is 5.92 Å². The van der Waals surface area contributed by atoms with Crippen molar-refractivity contribution in [3.8, 4) is 0 Å². The minimum atomic E-state index is -1.94. The van der Waals surface area contributed by atoms with Crippen LogP contribution in [-0.4, -0.2) is 8.76 Å². The van der Waals surface area contributed by atoms with Gasteiger partial charge in [0.05, 0.1) is 4.90 Å². The van der Waals surface area contributed by atoms with Gasteiger partial charge in [0.15, 0.2) is 11.1 Å². The molecule has 3 nitrogen and oxygen atoms in total. The van der Waals surface area contributed by atoms with E-state index in [1.807, 2.05) is 12.1 Å². The molecular formula is C18H21NO2S. The van der Waals surface area contributed by atoms with Crippen molar-refractivity contribution in [2.24, 2.45) is 5.92 Å². The van der Waals surface area contributed by atoms with Gasteiger partial charge in [-0.2, -0.15) is 0 Å². The molecule has 1 aliphatic carbocycles. The molecule has 0 aromatic heterocycles. The molecule has 1 saturated carbocycles. The zero-order valence-corrected chi connectivity index (χ0v) is 13.6. The Bertz CT molecular complexity index is 701. The molecule has 2 aromatic carbocycles. The van der Waals surface area contributed by atoms with Gasteiger partial charge in [0.25, 0.3) is 0 Å². The number of benzene rings is 2. The van der Waals surface area contributed by atoms with Crippen molar-refractivity contribution in [3.05, 3.63) is 59.7 Å². The SMILES string of the molecule is CC(Nc1cccc(C2CC2C)c1)c1cccc(S(=O)O)c1. The van der Waals surface area contributed by atoms with Gasteiger partial charge in [-0.1, -0.05) is 31.2 Å². The molecule has 4 atom stereocenters. The van der Waals surface area contributed by atoms with E-state index in [-0.39, 0.29) is 6.04 Å². The fourth-order valence-electron chi connectivity index (χ4n) is 2.87.